The third-order valence-corrected chi connectivity index (χ3v) is 2.89. The average Bonchev–Trinajstić information content (AvgIpc) is 2.26. The van der Waals surface area contributed by atoms with Crippen molar-refractivity contribution in [3.63, 3.8) is 0 Å². The molecule has 1 aromatic carbocycles. The quantitative estimate of drug-likeness (QED) is 0.853. The summed E-state index contributed by atoms with van der Waals surface area (Å²) < 4.78 is 6.08. The maximum absolute atomic E-state index is 11.4. The summed E-state index contributed by atoms with van der Waals surface area (Å²) in [6, 6.07) is 7.40. The van der Waals surface area contributed by atoms with E-state index in [1.165, 1.54) is 0 Å². The summed E-state index contributed by atoms with van der Waals surface area (Å²) in [7, 11) is 1.73. The summed E-state index contributed by atoms with van der Waals surface area (Å²) in [6.45, 7) is 2.06. The number of halogens is 1. The lowest BCUT2D eigenvalue weighted by Gasteiger charge is -2.10. The molecule has 0 aliphatic rings. The number of hydrogen-bond donors (Lipinski definition) is 1. The first-order chi connectivity index (χ1) is 7.15. The maximum Gasteiger partial charge on any atom is 0.323 e. The summed E-state index contributed by atoms with van der Waals surface area (Å²) in [6.07, 6.45) is 0. The number of carbonyl (C=O) groups is 1. The first-order valence-corrected chi connectivity index (χ1v) is 5.51. The highest BCUT2D eigenvalue weighted by Crippen LogP contribution is 2.16. The molecule has 1 rings (SSSR count). The van der Waals surface area contributed by atoms with E-state index < -0.39 is 0 Å². The van der Waals surface area contributed by atoms with Crippen molar-refractivity contribution in [3.05, 3.63) is 34.3 Å². The number of benzene rings is 1. The van der Waals surface area contributed by atoms with E-state index in [9.17, 15) is 4.79 Å². The summed E-state index contributed by atoms with van der Waals surface area (Å²) in [5.41, 5.74) is 0.967. The van der Waals surface area contributed by atoms with Crippen LogP contribution in [0.5, 0.6) is 0 Å². The van der Waals surface area contributed by atoms with E-state index in [1.807, 2.05) is 24.3 Å². The maximum atomic E-state index is 11.4. The monoisotopic (exact) mass is 271 g/mol. The Hall–Kier alpha value is -0.870. The molecule has 0 aliphatic heterocycles. The van der Waals surface area contributed by atoms with Crippen LogP contribution >= 0.6 is 15.9 Å². The van der Waals surface area contributed by atoms with Gasteiger partial charge < -0.3 is 10.1 Å². The molecule has 0 fully saturated rings. The predicted octanol–water partition coefficient (Wildman–Crippen LogP) is 2.10. The minimum Gasteiger partial charge on any atom is -0.460 e. The number of likely N-dealkylation sites (N-methyl/N-ethyl adjacent to an activating group) is 1. The van der Waals surface area contributed by atoms with Crippen LogP contribution in [-0.4, -0.2) is 19.1 Å². The molecule has 0 amide bonds. The van der Waals surface area contributed by atoms with Crippen LogP contribution in [0.15, 0.2) is 28.7 Å². The number of nitrogens with one attached hydrogen (secondary N) is 1. The predicted molar refractivity (Wildman–Crippen MR) is 62.5 cm³/mol. The van der Waals surface area contributed by atoms with Crippen LogP contribution in [0, 0.1) is 0 Å². The van der Waals surface area contributed by atoms with Crippen LogP contribution < -0.4 is 5.32 Å². The van der Waals surface area contributed by atoms with Crippen LogP contribution in [0.3, 0.4) is 0 Å². The lowest BCUT2D eigenvalue weighted by atomic mass is 10.2. The van der Waals surface area contributed by atoms with Gasteiger partial charge in [0.2, 0.25) is 0 Å². The molecule has 1 aromatic rings. The lowest BCUT2D eigenvalue weighted by molar-refractivity contribution is -0.146. The Morgan fingerprint density at radius 1 is 1.53 bits per heavy atom. The van der Waals surface area contributed by atoms with E-state index in [2.05, 4.69) is 21.2 Å². The Morgan fingerprint density at radius 3 is 2.80 bits per heavy atom. The van der Waals surface area contributed by atoms with Crippen molar-refractivity contribution in [2.75, 3.05) is 7.05 Å². The molecular formula is C11H14BrNO2. The second kappa shape index (κ2) is 5.88. The Kier molecular flexibility index (Phi) is 4.78. The summed E-state index contributed by atoms with van der Waals surface area (Å²) in [5, 5.41) is 2.83. The SMILES string of the molecule is CNC(C)C(=O)OCc1ccccc1Br. The number of carbonyl (C=O) groups excluding carboxylic acids is 1. The van der Waals surface area contributed by atoms with Crippen LogP contribution in [0.4, 0.5) is 0 Å². The first-order valence-electron chi connectivity index (χ1n) is 4.72. The van der Waals surface area contributed by atoms with Crippen molar-refractivity contribution in [3.8, 4) is 0 Å². The van der Waals surface area contributed by atoms with Gasteiger partial charge in [-0.05, 0) is 20.0 Å². The Balaban J connectivity index is 2.51. The van der Waals surface area contributed by atoms with Gasteiger partial charge in [0.05, 0.1) is 0 Å². The van der Waals surface area contributed by atoms with Gasteiger partial charge in [-0.3, -0.25) is 4.79 Å². The highest BCUT2D eigenvalue weighted by molar-refractivity contribution is 9.10. The minimum atomic E-state index is -0.271. The van der Waals surface area contributed by atoms with Crippen molar-refractivity contribution in [2.24, 2.45) is 0 Å². The van der Waals surface area contributed by atoms with Crippen LogP contribution in [-0.2, 0) is 16.1 Å². The molecule has 1 unspecified atom stereocenters. The molecule has 0 bridgehead atoms. The van der Waals surface area contributed by atoms with Crippen LogP contribution in [0.2, 0.25) is 0 Å². The summed E-state index contributed by atoms with van der Waals surface area (Å²) >= 11 is 3.39. The number of hydrogen-bond acceptors (Lipinski definition) is 3. The third kappa shape index (κ3) is 3.64. The normalized spacial score (nSPS) is 12.2. The van der Waals surface area contributed by atoms with Gasteiger partial charge >= 0.3 is 5.97 Å². The van der Waals surface area contributed by atoms with Crippen LogP contribution in [0.1, 0.15) is 12.5 Å². The van der Waals surface area contributed by atoms with E-state index in [4.69, 9.17) is 4.74 Å². The van der Waals surface area contributed by atoms with Crippen molar-refractivity contribution in [1.82, 2.24) is 5.32 Å². The number of esters is 1. The molecule has 1 atom stereocenters. The molecule has 0 saturated carbocycles. The largest absolute Gasteiger partial charge is 0.460 e. The van der Waals surface area contributed by atoms with Crippen molar-refractivity contribution in [2.45, 2.75) is 19.6 Å². The van der Waals surface area contributed by atoms with E-state index in [1.54, 1.807) is 14.0 Å². The lowest BCUT2D eigenvalue weighted by Crippen LogP contribution is -2.32. The number of ether oxygens (including phenoxy) is 1. The summed E-state index contributed by atoms with van der Waals surface area (Å²) in [5.74, 6) is -0.242. The van der Waals surface area contributed by atoms with Gasteiger partial charge in [0.15, 0.2) is 0 Å². The molecule has 0 heterocycles. The molecular weight excluding hydrogens is 258 g/mol. The average molecular weight is 272 g/mol. The van der Waals surface area contributed by atoms with Gasteiger partial charge in [-0.25, -0.2) is 0 Å². The van der Waals surface area contributed by atoms with E-state index in [-0.39, 0.29) is 12.0 Å². The Bertz CT molecular complexity index is 341. The summed E-state index contributed by atoms with van der Waals surface area (Å²) in [4.78, 5) is 11.4. The zero-order chi connectivity index (χ0) is 11.3. The van der Waals surface area contributed by atoms with Crippen molar-refractivity contribution < 1.29 is 9.53 Å². The second-order valence-electron chi connectivity index (χ2n) is 3.21. The van der Waals surface area contributed by atoms with Gasteiger partial charge in [0.1, 0.15) is 12.6 Å². The molecule has 1 N–H and O–H groups in total. The zero-order valence-corrected chi connectivity index (χ0v) is 10.4. The number of rotatable bonds is 4. The fraction of sp³-hybridized carbons (Fsp3) is 0.364. The second-order valence-corrected chi connectivity index (χ2v) is 4.06. The van der Waals surface area contributed by atoms with E-state index in [0.717, 1.165) is 10.0 Å². The Morgan fingerprint density at radius 2 is 2.20 bits per heavy atom. The van der Waals surface area contributed by atoms with Gasteiger partial charge in [-0.1, -0.05) is 34.1 Å². The molecule has 0 aromatic heterocycles. The zero-order valence-electron chi connectivity index (χ0n) is 8.79. The molecule has 0 aliphatic carbocycles. The van der Waals surface area contributed by atoms with Crippen molar-refractivity contribution in [1.29, 1.82) is 0 Å². The molecule has 82 valence electrons. The smallest absolute Gasteiger partial charge is 0.323 e. The first kappa shape index (κ1) is 12.2. The highest BCUT2D eigenvalue weighted by Gasteiger charge is 2.11. The van der Waals surface area contributed by atoms with Gasteiger partial charge in [0, 0.05) is 10.0 Å². The standard InChI is InChI=1S/C11H14BrNO2/c1-8(13-2)11(14)15-7-9-5-3-4-6-10(9)12/h3-6,8,13H,7H2,1-2H3. The third-order valence-electron chi connectivity index (χ3n) is 2.11. The van der Waals surface area contributed by atoms with Crippen molar-refractivity contribution >= 4 is 21.9 Å². The molecule has 15 heavy (non-hydrogen) atoms. The van der Waals surface area contributed by atoms with E-state index in [0.29, 0.717) is 6.61 Å². The fourth-order valence-electron chi connectivity index (χ4n) is 1.01. The molecule has 3 nitrogen and oxygen atoms in total. The highest BCUT2D eigenvalue weighted by atomic mass is 79.9. The van der Waals surface area contributed by atoms with Gasteiger partial charge in [0.25, 0.3) is 0 Å². The molecule has 0 spiro atoms. The topological polar surface area (TPSA) is 38.3 Å². The molecule has 0 saturated heterocycles. The minimum absolute atomic E-state index is 0.242. The molecule has 4 heteroatoms. The Labute approximate surface area is 97.9 Å². The fourth-order valence-corrected chi connectivity index (χ4v) is 1.41. The van der Waals surface area contributed by atoms with Gasteiger partial charge in [-0.15, -0.1) is 0 Å². The van der Waals surface area contributed by atoms with Gasteiger partial charge in [-0.2, -0.15) is 0 Å². The van der Waals surface area contributed by atoms with Crippen LogP contribution in [0.25, 0.3) is 0 Å². The molecule has 0 radical (unpaired) electrons. The van der Waals surface area contributed by atoms with E-state index >= 15 is 0 Å².